The Morgan fingerprint density at radius 2 is 1.84 bits per heavy atom. The summed E-state index contributed by atoms with van der Waals surface area (Å²) in [6, 6.07) is 4.92. The third-order valence-corrected chi connectivity index (χ3v) is 2.59. The van der Waals surface area contributed by atoms with Crippen molar-refractivity contribution in [2.24, 2.45) is 5.73 Å². The Morgan fingerprint density at radius 1 is 1.21 bits per heavy atom. The lowest BCUT2D eigenvalue weighted by atomic mass is 10.0. The van der Waals surface area contributed by atoms with E-state index < -0.39 is 6.04 Å². The van der Waals surface area contributed by atoms with Crippen LogP contribution in [0, 0.1) is 0 Å². The fourth-order valence-electron chi connectivity index (χ4n) is 1.69. The van der Waals surface area contributed by atoms with Gasteiger partial charge in [-0.05, 0) is 31.5 Å². The number of rotatable bonds is 6. The summed E-state index contributed by atoms with van der Waals surface area (Å²) in [7, 11) is 3.12. The summed E-state index contributed by atoms with van der Waals surface area (Å²) in [6.07, 6.45) is -0.00156. The molecule has 0 fully saturated rings. The molecule has 1 rings (SSSR count). The third-order valence-electron chi connectivity index (χ3n) is 2.59. The van der Waals surface area contributed by atoms with Gasteiger partial charge < -0.3 is 19.9 Å². The monoisotopic (exact) mass is 267 g/mol. The number of methoxy groups -OCH3 is 2. The second-order valence-electron chi connectivity index (χ2n) is 4.46. The molecule has 1 atom stereocenters. The van der Waals surface area contributed by atoms with Gasteiger partial charge in [0.2, 0.25) is 0 Å². The molecule has 0 spiro atoms. The van der Waals surface area contributed by atoms with Crippen molar-refractivity contribution in [1.29, 1.82) is 0 Å². The van der Waals surface area contributed by atoms with Gasteiger partial charge in [-0.1, -0.05) is 6.07 Å². The highest BCUT2D eigenvalue weighted by atomic mass is 16.5. The highest BCUT2D eigenvalue weighted by molar-refractivity contribution is 5.70. The second-order valence-corrected chi connectivity index (χ2v) is 4.46. The molecule has 0 radical (unpaired) electrons. The van der Waals surface area contributed by atoms with Gasteiger partial charge in [0.1, 0.15) is 0 Å². The molecule has 0 aliphatic heterocycles. The third kappa shape index (κ3) is 4.44. The molecule has 0 heterocycles. The smallest absolute Gasteiger partial charge is 0.307 e. The summed E-state index contributed by atoms with van der Waals surface area (Å²) in [5.41, 5.74) is 6.79. The van der Waals surface area contributed by atoms with E-state index in [2.05, 4.69) is 0 Å². The van der Waals surface area contributed by atoms with Crippen molar-refractivity contribution in [3.8, 4) is 11.5 Å². The molecule has 5 heteroatoms. The zero-order valence-corrected chi connectivity index (χ0v) is 11.8. The van der Waals surface area contributed by atoms with Crippen LogP contribution >= 0.6 is 0 Å². The number of nitrogens with two attached hydrogens (primary N) is 1. The lowest BCUT2D eigenvalue weighted by Crippen LogP contribution is -2.19. The first-order chi connectivity index (χ1) is 8.97. The number of ether oxygens (including phenoxy) is 3. The first kappa shape index (κ1) is 15.3. The van der Waals surface area contributed by atoms with Crippen LogP contribution in [0.1, 0.15) is 31.9 Å². The van der Waals surface area contributed by atoms with Crippen molar-refractivity contribution in [3.05, 3.63) is 23.8 Å². The van der Waals surface area contributed by atoms with Gasteiger partial charge in [-0.25, -0.2) is 0 Å². The predicted octanol–water partition coefficient (Wildman–Crippen LogP) is 2.05. The standard InChI is InChI=1S/C14H21NO4/c1-9(2)19-14(16)8-11(15)10-5-6-12(17-3)13(7-10)18-4/h5-7,9,11H,8,15H2,1-4H3/t11-/m0/s1. The Balaban J connectivity index is 2.77. The second kappa shape index (κ2) is 6.99. The van der Waals surface area contributed by atoms with Gasteiger partial charge in [0.15, 0.2) is 11.5 Å². The molecule has 0 aliphatic carbocycles. The van der Waals surface area contributed by atoms with Gasteiger partial charge in [-0.2, -0.15) is 0 Å². The van der Waals surface area contributed by atoms with Crippen LogP contribution in [-0.4, -0.2) is 26.3 Å². The topological polar surface area (TPSA) is 70.8 Å². The van der Waals surface area contributed by atoms with Crippen LogP contribution in [0.4, 0.5) is 0 Å². The lowest BCUT2D eigenvalue weighted by Gasteiger charge is -2.15. The van der Waals surface area contributed by atoms with Crippen LogP contribution in [0.15, 0.2) is 18.2 Å². The van der Waals surface area contributed by atoms with E-state index in [1.54, 1.807) is 40.2 Å². The van der Waals surface area contributed by atoms with Crippen LogP contribution in [0.5, 0.6) is 11.5 Å². The van der Waals surface area contributed by atoms with Crippen molar-refractivity contribution >= 4 is 5.97 Å². The Bertz CT molecular complexity index is 431. The van der Waals surface area contributed by atoms with E-state index in [9.17, 15) is 4.79 Å². The summed E-state index contributed by atoms with van der Waals surface area (Å²) in [5, 5.41) is 0. The SMILES string of the molecule is COc1ccc([C@@H](N)CC(=O)OC(C)C)cc1OC. The Kier molecular flexibility index (Phi) is 5.63. The molecular weight excluding hydrogens is 246 g/mol. The number of esters is 1. The molecule has 0 saturated carbocycles. The molecule has 19 heavy (non-hydrogen) atoms. The summed E-state index contributed by atoms with van der Waals surface area (Å²) in [5.74, 6) is 0.910. The van der Waals surface area contributed by atoms with E-state index in [0.717, 1.165) is 5.56 Å². The maximum Gasteiger partial charge on any atom is 0.307 e. The number of carbonyl (C=O) groups excluding carboxylic acids is 1. The highest BCUT2D eigenvalue weighted by Crippen LogP contribution is 2.30. The van der Waals surface area contributed by atoms with E-state index in [4.69, 9.17) is 19.9 Å². The maximum atomic E-state index is 11.6. The number of hydrogen-bond acceptors (Lipinski definition) is 5. The largest absolute Gasteiger partial charge is 0.493 e. The van der Waals surface area contributed by atoms with Crippen molar-refractivity contribution in [2.45, 2.75) is 32.4 Å². The molecule has 2 N–H and O–H groups in total. The van der Waals surface area contributed by atoms with Crippen LogP contribution in [0.3, 0.4) is 0 Å². The van der Waals surface area contributed by atoms with Gasteiger partial charge in [0, 0.05) is 6.04 Å². The number of carbonyl (C=O) groups is 1. The predicted molar refractivity (Wildman–Crippen MR) is 72.3 cm³/mol. The Morgan fingerprint density at radius 3 is 2.37 bits per heavy atom. The molecule has 1 aromatic rings. The van der Waals surface area contributed by atoms with Gasteiger partial charge in [-0.3, -0.25) is 4.79 Å². The minimum atomic E-state index is -0.425. The van der Waals surface area contributed by atoms with E-state index in [0.29, 0.717) is 11.5 Å². The summed E-state index contributed by atoms with van der Waals surface area (Å²) >= 11 is 0. The normalized spacial score (nSPS) is 12.1. The molecule has 0 unspecified atom stereocenters. The summed E-state index contributed by atoms with van der Waals surface area (Å²) < 4.78 is 15.4. The quantitative estimate of drug-likeness (QED) is 0.799. The average Bonchev–Trinajstić information content (AvgIpc) is 2.36. The van der Waals surface area contributed by atoms with E-state index in [1.807, 2.05) is 6.07 Å². The zero-order valence-electron chi connectivity index (χ0n) is 11.8. The lowest BCUT2D eigenvalue weighted by molar-refractivity contribution is -0.147. The fourth-order valence-corrected chi connectivity index (χ4v) is 1.69. The van der Waals surface area contributed by atoms with Crippen molar-refractivity contribution in [2.75, 3.05) is 14.2 Å². The van der Waals surface area contributed by atoms with Crippen molar-refractivity contribution in [1.82, 2.24) is 0 Å². The number of hydrogen-bond donors (Lipinski definition) is 1. The molecule has 5 nitrogen and oxygen atoms in total. The van der Waals surface area contributed by atoms with Crippen molar-refractivity contribution < 1.29 is 19.0 Å². The Labute approximate surface area is 113 Å². The van der Waals surface area contributed by atoms with Gasteiger partial charge >= 0.3 is 5.97 Å². The van der Waals surface area contributed by atoms with Crippen LogP contribution in [-0.2, 0) is 9.53 Å². The first-order valence-corrected chi connectivity index (χ1v) is 6.15. The average molecular weight is 267 g/mol. The van der Waals surface area contributed by atoms with Crippen molar-refractivity contribution in [3.63, 3.8) is 0 Å². The zero-order chi connectivity index (χ0) is 14.4. The van der Waals surface area contributed by atoms with Gasteiger partial charge in [0.25, 0.3) is 0 Å². The van der Waals surface area contributed by atoms with Crippen LogP contribution in [0.25, 0.3) is 0 Å². The molecule has 0 bridgehead atoms. The number of benzene rings is 1. The fraction of sp³-hybridized carbons (Fsp3) is 0.500. The minimum Gasteiger partial charge on any atom is -0.493 e. The summed E-state index contributed by atoms with van der Waals surface area (Å²) in [4.78, 5) is 11.6. The highest BCUT2D eigenvalue weighted by Gasteiger charge is 2.15. The molecule has 0 aliphatic rings. The van der Waals surface area contributed by atoms with Crippen LogP contribution < -0.4 is 15.2 Å². The molecule has 0 saturated heterocycles. The summed E-state index contributed by atoms with van der Waals surface area (Å²) in [6.45, 7) is 3.61. The minimum absolute atomic E-state index is 0.133. The van der Waals surface area contributed by atoms with E-state index in [1.165, 1.54) is 0 Å². The van der Waals surface area contributed by atoms with E-state index in [-0.39, 0.29) is 18.5 Å². The van der Waals surface area contributed by atoms with Crippen LogP contribution in [0.2, 0.25) is 0 Å². The van der Waals surface area contributed by atoms with Gasteiger partial charge in [-0.15, -0.1) is 0 Å². The van der Waals surface area contributed by atoms with E-state index >= 15 is 0 Å². The maximum absolute atomic E-state index is 11.6. The first-order valence-electron chi connectivity index (χ1n) is 6.15. The molecule has 106 valence electrons. The molecule has 0 amide bonds. The molecule has 1 aromatic carbocycles. The molecule has 0 aromatic heterocycles. The Hall–Kier alpha value is -1.75. The molecular formula is C14H21NO4. The van der Waals surface area contributed by atoms with Gasteiger partial charge in [0.05, 0.1) is 26.7 Å².